The van der Waals surface area contributed by atoms with E-state index in [0.29, 0.717) is 6.61 Å². The molecular weight excluding hydrogens is 466 g/mol. The lowest BCUT2D eigenvalue weighted by Gasteiger charge is -2.15. The van der Waals surface area contributed by atoms with Crippen LogP contribution in [-0.2, 0) is 20.2 Å². The number of methoxy groups -OCH3 is 1. The Hall–Kier alpha value is -2.10. The third-order valence-corrected chi connectivity index (χ3v) is 6.27. The second-order valence-corrected chi connectivity index (χ2v) is 8.75. The molecule has 0 aliphatic carbocycles. The number of nitrogens with zero attached hydrogens (tertiary/aromatic N) is 4. The van der Waals surface area contributed by atoms with Gasteiger partial charge in [0.25, 0.3) is 0 Å². The Morgan fingerprint density at radius 2 is 2.07 bits per heavy atom. The van der Waals surface area contributed by atoms with Crippen molar-refractivity contribution in [3.8, 4) is 11.5 Å². The summed E-state index contributed by atoms with van der Waals surface area (Å²) >= 11 is 5.32. The molecule has 1 N–H and O–H groups in total. The van der Waals surface area contributed by atoms with E-state index >= 15 is 0 Å². The van der Waals surface area contributed by atoms with Crippen molar-refractivity contribution in [2.45, 2.75) is 31.7 Å². The second kappa shape index (κ2) is 11.3. The van der Waals surface area contributed by atoms with Gasteiger partial charge in [-0.2, -0.15) is 0 Å². The molecule has 3 rings (SSSR count). The highest BCUT2D eigenvalue weighted by atomic mass is 79.9. The molecule has 0 aliphatic heterocycles. The van der Waals surface area contributed by atoms with Crippen LogP contribution in [0.1, 0.15) is 23.1 Å². The third-order valence-electron chi connectivity index (χ3n) is 4.44. The summed E-state index contributed by atoms with van der Waals surface area (Å²) in [6, 6.07) is 12.3. The molecule has 0 amide bonds. The van der Waals surface area contributed by atoms with Gasteiger partial charge in [0.05, 0.1) is 7.11 Å². The lowest BCUT2D eigenvalue weighted by molar-refractivity contribution is 0.284. The van der Waals surface area contributed by atoms with Crippen molar-refractivity contribution in [3.63, 3.8) is 0 Å². The highest BCUT2D eigenvalue weighted by Crippen LogP contribution is 2.34. The minimum absolute atomic E-state index is 0.501. The molecule has 0 atom stereocenters. The number of tetrazole rings is 1. The van der Waals surface area contributed by atoms with Crippen LogP contribution >= 0.6 is 27.7 Å². The van der Waals surface area contributed by atoms with E-state index in [1.807, 2.05) is 25.2 Å². The second-order valence-electron chi connectivity index (χ2n) is 6.84. The maximum Gasteiger partial charge on any atom is 0.209 e. The largest absolute Gasteiger partial charge is 0.493 e. The number of benzene rings is 2. The molecule has 0 unspecified atom stereocenters. The van der Waals surface area contributed by atoms with E-state index in [-0.39, 0.29) is 0 Å². The molecule has 0 aliphatic rings. The van der Waals surface area contributed by atoms with Gasteiger partial charge in [-0.15, -0.1) is 5.10 Å². The Morgan fingerprint density at radius 3 is 2.80 bits per heavy atom. The summed E-state index contributed by atoms with van der Waals surface area (Å²) in [6.07, 6.45) is 1.02. The summed E-state index contributed by atoms with van der Waals surface area (Å²) in [5.74, 6) is 2.41. The van der Waals surface area contributed by atoms with Crippen molar-refractivity contribution < 1.29 is 9.47 Å². The Kier molecular flexibility index (Phi) is 8.53. The van der Waals surface area contributed by atoms with Gasteiger partial charge in [-0.05, 0) is 53.6 Å². The predicted octanol–water partition coefficient (Wildman–Crippen LogP) is 4.14. The molecule has 9 heteroatoms. The van der Waals surface area contributed by atoms with Crippen LogP contribution in [0.15, 0.2) is 46.0 Å². The Balaban J connectivity index is 1.48. The van der Waals surface area contributed by atoms with E-state index in [1.54, 1.807) is 23.6 Å². The number of aromatic nitrogens is 4. The van der Waals surface area contributed by atoms with E-state index in [2.05, 4.69) is 61.9 Å². The summed E-state index contributed by atoms with van der Waals surface area (Å²) in [4.78, 5) is 0. The fourth-order valence-corrected chi connectivity index (χ4v) is 4.13. The number of hydrogen-bond acceptors (Lipinski definition) is 7. The van der Waals surface area contributed by atoms with Crippen LogP contribution in [0.5, 0.6) is 11.5 Å². The summed E-state index contributed by atoms with van der Waals surface area (Å²) in [5.41, 5.74) is 3.48. The van der Waals surface area contributed by atoms with Crippen LogP contribution in [0.3, 0.4) is 0 Å². The molecule has 2 aromatic carbocycles. The van der Waals surface area contributed by atoms with Gasteiger partial charge in [-0.3, -0.25) is 0 Å². The quantitative estimate of drug-likeness (QED) is 0.319. The van der Waals surface area contributed by atoms with Gasteiger partial charge in [0.2, 0.25) is 5.16 Å². The van der Waals surface area contributed by atoms with Gasteiger partial charge in [-0.1, -0.05) is 57.5 Å². The SMILES string of the molecule is COc1cc(CNCCCSc2nnnn2C)c(Br)cc1OCc1cccc(C)c1. The minimum atomic E-state index is 0.501. The van der Waals surface area contributed by atoms with Gasteiger partial charge in [0, 0.05) is 23.8 Å². The number of halogens is 1. The van der Waals surface area contributed by atoms with Crippen LogP contribution in [-0.4, -0.2) is 39.6 Å². The molecule has 0 bridgehead atoms. The van der Waals surface area contributed by atoms with E-state index < -0.39 is 0 Å². The van der Waals surface area contributed by atoms with Gasteiger partial charge in [-0.25, -0.2) is 4.68 Å². The molecular formula is C21H26BrN5O2S. The van der Waals surface area contributed by atoms with Gasteiger partial charge < -0.3 is 14.8 Å². The zero-order valence-electron chi connectivity index (χ0n) is 17.4. The lowest BCUT2D eigenvalue weighted by Crippen LogP contribution is -2.16. The van der Waals surface area contributed by atoms with Gasteiger partial charge >= 0.3 is 0 Å². The maximum atomic E-state index is 6.01. The van der Waals surface area contributed by atoms with Crippen LogP contribution in [0, 0.1) is 6.92 Å². The third kappa shape index (κ3) is 6.45. The van der Waals surface area contributed by atoms with Gasteiger partial charge in [0.1, 0.15) is 6.61 Å². The Labute approximate surface area is 189 Å². The summed E-state index contributed by atoms with van der Waals surface area (Å²) in [6.45, 7) is 4.22. The van der Waals surface area contributed by atoms with Crippen molar-refractivity contribution in [1.29, 1.82) is 0 Å². The summed E-state index contributed by atoms with van der Waals surface area (Å²) in [5, 5.41) is 15.8. The molecule has 1 aromatic heterocycles. The number of nitrogens with one attached hydrogen (secondary N) is 1. The fourth-order valence-electron chi connectivity index (χ4n) is 2.88. The first kappa shape index (κ1) is 22.6. The van der Waals surface area contributed by atoms with Crippen molar-refractivity contribution in [2.75, 3.05) is 19.4 Å². The molecule has 0 radical (unpaired) electrons. The standard InChI is InChI=1S/C21H26BrN5O2S/c1-15-6-4-7-16(10-15)14-29-20-12-18(22)17(11-19(20)28-3)13-23-8-5-9-30-21-24-25-26-27(21)2/h4,6-7,10-12,23H,5,8-9,13-14H2,1-3H3. The maximum absolute atomic E-state index is 6.01. The first-order chi connectivity index (χ1) is 14.6. The van der Waals surface area contributed by atoms with Gasteiger partial charge in [0.15, 0.2) is 11.5 Å². The zero-order valence-corrected chi connectivity index (χ0v) is 19.8. The molecule has 1 heterocycles. The van der Waals surface area contributed by atoms with Crippen molar-refractivity contribution in [3.05, 3.63) is 57.6 Å². The van der Waals surface area contributed by atoms with E-state index in [4.69, 9.17) is 9.47 Å². The van der Waals surface area contributed by atoms with Crippen LogP contribution in [0.25, 0.3) is 0 Å². The van der Waals surface area contributed by atoms with Crippen molar-refractivity contribution >= 4 is 27.7 Å². The first-order valence-electron chi connectivity index (χ1n) is 9.67. The smallest absolute Gasteiger partial charge is 0.209 e. The molecule has 0 spiro atoms. The zero-order chi connectivity index (χ0) is 21.3. The Morgan fingerprint density at radius 1 is 1.20 bits per heavy atom. The average molecular weight is 492 g/mol. The first-order valence-corrected chi connectivity index (χ1v) is 11.5. The summed E-state index contributed by atoms with van der Waals surface area (Å²) < 4.78 is 14.2. The van der Waals surface area contributed by atoms with E-state index in [0.717, 1.165) is 57.5 Å². The van der Waals surface area contributed by atoms with Crippen molar-refractivity contribution in [1.82, 2.24) is 25.5 Å². The molecule has 0 saturated heterocycles. The predicted molar refractivity (Wildman–Crippen MR) is 122 cm³/mol. The normalized spacial score (nSPS) is 10.9. The van der Waals surface area contributed by atoms with Crippen LogP contribution in [0.2, 0.25) is 0 Å². The molecule has 30 heavy (non-hydrogen) atoms. The minimum Gasteiger partial charge on any atom is -0.493 e. The average Bonchev–Trinajstić information content (AvgIpc) is 3.14. The Bertz CT molecular complexity index is 966. The van der Waals surface area contributed by atoms with Crippen molar-refractivity contribution in [2.24, 2.45) is 7.05 Å². The highest BCUT2D eigenvalue weighted by Gasteiger charge is 2.11. The number of ether oxygens (including phenoxy) is 2. The monoisotopic (exact) mass is 491 g/mol. The molecule has 160 valence electrons. The van der Waals surface area contributed by atoms with E-state index in [1.165, 1.54) is 5.56 Å². The van der Waals surface area contributed by atoms with Crippen LogP contribution in [0.4, 0.5) is 0 Å². The van der Waals surface area contributed by atoms with E-state index in [9.17, 15) is 0 Å². The molecule has 7 nitrogen and oxygen atoms in total. The number of thioether (sulfide) groups is 1. The number of hydrogen-bond donors (Lipinski definition) is 1. The molecule has 0 saturated carbocycles. The van der Waals surface area contributed by atoms with Crippen LogP contribution < -0.4 is 14.8 Å². The highest BCUT2D eigenvalue weighted by molar-refractivity contribution is 9.10. The number of aryl methyl sites for hydroxylation is 2. The summed E-state index contributed by atoms with van der Waals surface area (Å²) in [7, 11) is 3.51. The topological polar surface area (TPSA) is 74.1 Å². The molecule has 0 fully saturated rings. The number of rotatable bonds is 11. The molecule has 3 aromatic rings. The lowest BCUT2D eigenvalue weighted by atomic mass is 10.1. The fraction of sp³-hybridized carbons (Fsp3) is 0.381.